The van der Waals surface area contributed by atoms with Gasteiger partial charge >= 0.3 is 6.18 Å². The highest BCUT2D eigenvalue weighted by molar-refractivity contribution is 6.31. The fraction of sp³-hybridized carbons (Fsp3) is 0.300. The van der Waals surface area contributed by atoms with Crippen LogP contribution in [0.1, 0.15) is 24.1 Å². The van der Waals surface area contributed by atoms with Gasteiger partial charge in [0.25, 0.3) is 0 Å². The molecule has 1 aromatic rings. The first-order chi connectivity index (χ1) is 7.36. The molecule has 0 amide bonds. The molecule has 0 radical (unpaired) electrons. The molecule has 0 saturated carbocycles. The summed E-state index contributed by atoms with van der Waals surface area (Å²) < 4.78 is 37.2. The van der Waals surface area contributed by atoms with Gasteiger partial charge in [0, 0.05) is 5.02 Å². The zero-order chi connectivity index (χ0) is 12.3. The number of halogens is 4. The average Bonchev–Trinajstić information content (AvgIpc) is 2.16. The smallest absolute Gasteiger partial charge is 0.211 e. The number of carbonyl (C=O) groups excluding carboxylic acids is 1. The number of isocyanates is 1. The van der Waals surface area contributed by atoms with Gasteiger partial charge in [0.15, 0.2) is 0 Å². The van der Waals surface area contributed by atoms with Gasteiger partial charge in [0.2, 0.25) is 6.08 Å². The van der Waals surface area contributed by atoms with Crippen LogP contribution in [0, 0.1) is 0 Å². The van der Waals surface area contributed by atoms with Gasteiger partial charge < -0.3 is 0 Å². The van der Waals surface area contributed by atoms with Gasteiger partial charge in [-0.2, -0.15) is 18.2 Å². The number of aliphatic imine (C=N–C) groups is 1. The lowest BCUT2D eigenvalue weighted by Crippen LogP contribution is -2.06. The summed E-state index contributed by atoms with van der Waals surface area (Å²) in [5, 5.41) is 0.138. The van der Waals surface area contributed by atoms with Gasteiger partial charge in [0.1, 0.15) is 0 Å². The van der Waals surface area contributed by atoms with Crippen molar-refractivity contribution >= 4 is 17.7 Å². The van der Waals surface area contributed by atoms with Crippen molar-refractivity contribution in [3.8, 4) is 0 Å². The molecule has 0 bridgehead atoms. The molecule has 0 fully saturated rings. The molecule has 16 heavy (non-hydrogen) atoms. The minimum Gasteiger partial charge on any atom is -0.211 e. The Morgan fingerprint density at radius 1 is 1.44 bits per heavy atom. The number of hydrogen-bond acceptors (Lipinski definition) is 2. The molecular formula is C10H7ClF3NO. The largest absolute Gasteiger partial charge is 0.416 e. The van der Waals surface area contributed by atoms with Crippen LogP contribution in [0.25, 0.3) is 0 Å². The molecule has 6 heteroatoms. The van der Waals surface area contributed by atoms with Gasteiger partial charge in [0.05, 0.1) is 11.6 Å². The topological polar surface area (TPSA) is 29.4 Å². The molecule has 2 nitrogen and oxygen atoms in total. The van der Waals surface area contributed by atoms with Gasteiger partial charge in [-0.05, 0) is 30.7 Å². The Hall–Kier alpha value is -1.32. The lowest BCUT2D eigenvalue weighted by atomic mass is 10.1. The van der Waals surface area contributed by atoms with E-state index < -0.39 is 17.8 Å². The predicted octanol–water partition coefficient (Wildman–Crippen LogP) is 3.76. The first kappa shape index (κ1) is 12.7. The van der Waals surface area contributed by atoms with Crippen molar-refractivity contribution in [3.63, 3.8) is 0 Å². The minimum absolute atomic E-state index is 0.138. The van der Waals surface area contributed by atoms with Crippen LogP contribution in [0.3, 0.4) is 0 Å². The molecule has 0 spiro atoms. The van der Waals surface area contributed by atoms with E-state index in [0.29, 0.717) is 0 Å². The minimum atomic E-state index is -4.44. The number of hydrogen-bond donors (Lipinski definition) is 0. The zero-order valence-electron chi connectivity index (χ0n) is 8.18. The van der Waals surface area contributed by atoms with E-state index in [1.807, 2.05) is 0 Å². The van der Waals surface area contributed by atoms with Gasteiger partial charge in [-0.1, -0.05) is 11.6 Å². The SMILES string of the molecule is CC(N=C=O)c1cc(C(F)(F)F)ccc1Cl. The molecule has 0 saturated heterocycles. The van der Waals surface area contributed by atoms with E-state index >= 15 is 0 Å². The molecule has 1 unspecified atom stereocenters. The Balaban J connectivity index is 3.23. The average molecular weight is 250 g/mol. The van der Waals surface area contributed by atoms with E-state index in [4.69, 9.17) is 11.6 Å². The van der Waals surface area contributed by atoms with E-state index in [-0.39, 0.29) is 10.6 Å². The maximum atomic E-state index is 12.4. The number of nitrogens with zero attached hydrogens (tertiary/aromatic N) is 1. The van der Waals surface area contributed by atoms with E-state index in [2.05, 4.69) is 4.99 Å². The second kappa shape index (κ2) is 4.68. The van der Waals surface area contributed by atoms with Crippen LogP contribution in [0.2, 0.25) is 5.02 Å². The maximum Gasteiger partial charge on any atom is 0.416 e. The Kier molecular flexibility index (Phi) is 3.73. The van der Waals surface area contributed by atoms with E-state index in [1.54, 1.807) is 0 Å². The Morgan fingerprint density at radius 3 is 2.56 bits per heavy atom. The highest BCUT2D eigenvalue weighted by atomic mass is 35.5. The summed E-state index contributed by atoms with van der Waals surface area (Å²) in [7, 11) is 0. The summed E-state index contributed by atoms with van der Waals surface area (Å²) in [6.45, 7) is 1.46. The molecule has 0 N–H and O–H groups in total. The fourth-order valence-electron chi connectivity index (χ4n) is 1.19. The van der Waals surface area contributed by atoms with Crippen molar-refractivity contribution in [2.75, 3.05) is 0 Å². The van der Waals surface area contributed by atoms with Gasteiger partial charge in [-0.25, -0.2) is 4.79 Å². The highest BCUT2D eigenvalue weighted by Crippen LogP contribution is 2.34. The Labute approximate surface area is 94.7 Å². The van der Waals surface area contributed by atoms with E-state index in [0.717, 1.165) is 18.2 Å². The van der Waals surface area contributed by atoms with Crippen molar-refractivity contribution in [1.29, 1.82) is 0 Å². The van der Waals surface area contributed by atoms with Gasteiger partial charge in [-0.3, -0.25) is 0 Å². The summed E-state index contributed by atoms with van der Waals surface area (Å²) in [6.07, 6.45) is -3.15. The van der Waals surface area contributed by atoms with E-state index in [1.165, 1.54) is 13.0 Å². The second-order valence-corrected chi connectivity index (χ2v) is 3.54. The van der Waals surface area contributed by atoms with Crippen LogP contribution >= 0.6 is 11.6 Å². The first-order valence-electron chi connectivity index (χ1n) is 4.30. The second-order valence-electron chi connectivity index (χ2n) is 3.13. The summed E-state index contributed by atoms with van der Waals surface area (Å²) >= 11 is 5.72. The first-order valence-corrected chi connectivity index (χ1v) is 4.67. The molecule has 0 aliphatic heterocycles. The maximum absolute atomic E-state index is 12.4. The number of benzene rings is 1. The molecule has 1 atom stereocenters. The van der Waals surface area contributed by atoms with Crippen molar-refractivity contribution < 1.29 is 18.0 Å². The molecule has 1 rings (SSSR count). The molecular weight excluding hydrogens is 243 g/mol. The standard InChI is InChI=1S/C10H7ClF3NO/c1-6(15-5-16)8-4-7(10(12,13)14)2-3-9(8)11/h2-4,6H,1H3. The van der Waals surface area contributed by atoms with Crippen LogP contribution < -0.4 is 0 Å². The van der Waals surface area contributed by atoms with Crippen LogP contribution in [0.5, 0.6) is 0 Å². The lowest BCUT2D eigenvalue weighted by Gasteiger charge is -2.12. The van der Waals surface area contributed by atoms with Crippen molar-refractivity contribution in [1.82, 2.24) is 0 Å². The molecule has 0 aliphatic rings. The zero-order valence-corrected chi connectivity index (χ0v) is 8.93. The normalized spacial score (nSPS) is 13.1. The summed E-state index contributed by atoms with van der Waals surface area (Å²) in [4.78, 5) is 13.3. The van der Waals surface area contributed by atoms with Crippen molar-refractivity contribution in [2.45, 2.75) is 19.1 Å². The molecule has 0 aliphatic carbocycles. The highest BCUT2D eigenvalue weighted by Gasteiger charge is 2.31. The quantitative estimate of drug-likeness (QED) is 0.580. The fourth-order valence-corrected chi connectivity index (χ4v) is 1.46. The van der Waals surface area contributed by atoms with Crippen LogP contribution in [-0.4, -0.2) is 6.08 Å². The summed E-state index contributed by atoms with van der Waals surface area (Å²) in [5.74, 6) is 0. The third-order valence-electron chi connectivity index (χ3n) is 2.02. The molecule has 1 aromatic carbocycles. The Bertz CT molecular complexity index is 438. The monoisotopic (exact) mass is 249 g/mol. The number of alkyl halides is 3. The third kappa shape index (κ3) is 2.84. The summed E-state index contributed by atoms with van der Waals surface area (Å²) in [6, 6.07) is 2.15. The van der Waals surface area contributed by atoms with Crippen molar-refractivity contribution in [2.24, 2.45) is 4.99 Å². The molecule has 0 aromatic heterocycles. The van der Waals surface area contributed by atoms with Crippen LogP contribution in [0.15, 0.2) is 23.2 Å². The van der Waals surface area contributed by atoms with Crippen molar-refractivity contribution in [3.05, 3.63) is 34.3 Å². The predicted molar refractivity (Wildman–Crippen MR) is 53.0 cm³/mol. The number of rotatable bonds is 2. The Morgan fingerprint density at radius 2 is 2.06 bits per heavy atom. The third-order valence-corrected chi connectivity index (χ3v) is 2.36. The van der Waals surface area contributed by atoms with Crippen LogP contribution in [0.4, 0.5) is 13.2 Å². The molecule has 86 valence electrons. The molecule has 0 heterocycles. The van der Waals surface area contributed by atoms with Crippen LogP contribution in [-0.2, 0) is 11.0 Å². The van der Waals surface area contributed by atoms with Gasteiger partial charge in [-0.15, -0.1) is 0 Å². The summed E-state index contributed by atoms with van der Waals surface area (Å²) in [5.41, 5.74) is -0.667. The lowest BCUT2D eigenvalue weighted by molar-refractivity contribution is -0.137. The van der Waals surface area contributed by atoms with E-state index in [9.17, 15) is 18.0 Å².